The Morgan fingerprint density at radius 2 is 1.91 bits per heavy atom. The lowest BCUT2D eigenvalue weighted by Gasteiger charge is -2.37. The Labute approximate surface area is 126 Å². The third-order valence-corrected chi connectivity index (χ3v) is 4.41. The normalized spacial score (nSPS) is 20.8. The van der Waals surface area contributed by atoms with Crippen molar-refractivity contribution in [2.24, 2.45) is 0 Å². The molecule has 2 aliphatic heterocycles. The van der Waals surface area contributed by atoms with E-state index in [1.165, 1.54) is 12.3 Å². The van der Waals surface area contributed by atoms with Gasteiger partial charge in [0.1, 0.15) is 5.82 Å². The first-order chi connectivity index (χ1) is 10.5. The van der Waals surface area contributed by atoms with Gasteiger partial charge in [-0.25, -0.2) is 4.98 Å². The van der Waals surface area contributed by atoms with Gasteiger partial charge in [0.05, 0.1) is 5.56 Å². The van der Waals surface area contributed by atoms with Crippen molar-refractivity contribution in [3.8, 4) is 0 Å². The average molecular weight is 313 g/mol. The molecule has 3 rings (SSSR count). The maximum atomic E-state index is 13.1. The summed E-state index contributed by atoms with van der Waals surface area (Å²) in [7, 11) is 0. The van der Waals surface area contributed by atoms with Gasteiger partial charge in [-0.1, -0.05) is 0 Å². The van der Waals surface area contributed by atoms with Crippen molar-refractivity contribution in [2.75, 3.05) is 24.5 Å². The van der Waals surface area contributed by atoms with E-state index in [0.29, 0.717) is 32.4 Å². The van der Waals surface area contributed by atoms with E-state index in [1.54, 1.807) is 4.90 Å². The second-order valence-corrected chi connectivity index (χ2v) is 5.78. The van der Waals surface area contributed by atoms with Crippen LogP contribution in [0.25, 0.3) is 0 Å². The van der Waals surface area contributed by atoms with E-state index in [1.807, 2.05) is 4.90 Å². The van der Waals surface area contributed by atoms with Crippen LogP contribution in [-0.2, 0) is 11.0 Å². The van der Waals surface area contributed by atoms with Gasteiger partial charge in [0.2, 0.25) is 5.91 Å². The second kappa shape index (κ2) is 5.78. The molecule has 120 valence electrons. The monoisotopic (exact) mass is 313 g/mol. The molecule has 0 aliphatic carbocycles. The fourth-order valence-electron chi connectivity index (χ4n) is 3.31. The molecule has 7 heteroatoms. The van der Waals surface area contributed by atoms with E-state index in [9.17, 15) is 18.0 Å². The molecule has 0 saturated carbocycles. The number of nitrogens with zero attached hydrogens (tertiary/aromatic N) is 3. The molecule has 2 fully saturated rings. The highest BCUT2D eigenvalue weighted by molar-refractivity contribution is 5.78. The molecule has 0 atom stereocenters. The number of hydrogen-bond donors (Lipinski definition) is 0. The van der Waals surface area contributed by atoms with Crippen molar-refractivity contribution in [2.45, 2.75) is 37.9 Å². The third kappa shape index (κ3) is 2.89. The van der Waals surface area contributed by atoms with Gasteiger partial charge in [0.25, 0.3) is 0 Å². The van der Waals surface area contributed by atoms with Crippen LogP contribution in [0.2, 0.25) is 0 Å². The molecule has 0 N–H and O–H groups in total. The first-order valence-electron chi connectivity index (χ1n) is 7.53. The summed E-state index contributed by atoms with van der Waals surface area (Å²) in [5.41, 5.74) is -0.689. The van der Waals surface area contributed by atoms with Crippen LogP contribution in [0.1, 0.15) is 31.2 Å². The Hall–Kier alpha value is -1.79. The first kappa shape index (κ1) is 15.1. The van der Waals surface area contributed by atoms with Crippen molar-refractivity contribution in [3.05, 3.63) is 23.9 Å². The Morgan fingerprint density at radius 3 is 2.50 bits per heavy atom. The van der Waals surface area contributed by atoms with Crippen LogP contribution in [0.5, 0.6) is 0 Å². The Balaban J connectivity index is 1.71. The number of pyridine rings is 1. The smallest absolute Gasteiger partial charge is 0.356 e. The molecule has 0 spiro atoms. The number of amides is 1. The average Bonchev–Trinajstić information content (AvgIpc) is 2.93. The molecular weight excluding hydrogens is 295 g/mol. The third-order valence-electron chi connectivity index (χ3n) is 4.41. The van der Waals surface area contributed by atoms with Crippen molar-refractivity contribution < 1.29 is 18.0 Å². The van der Waals surface area contributed by atoms with Crippen LogP contribution < -0.4 is 4.90 Å². The van der Waals surface area contributed by atoms with Crippen LogP contribution in [0, 0.1) is 0 Å². The van der Waals surface area contributed by atoms with Crippen molar-refractivity contribution in [1.82, 2.24) is 9.88 Å². The highest BCUT2D eigenvalue weighted by Gasteiger charge is 2.37. The lowest BCUT2D eigenvalue weighted by Crippen LogP contribution is -2.46. The zero-order valence-electron chi connectivity index (χ0n) is 12.1. The maximum absolute atomic E-state index is 13.1. The minimum absolute atomic E-state index is 0.00111. The summed E-state index contributed by atoms with van der Waals surface area (Å²) < 4.78 is 39.2. The van der Waals surface area contributed by atoms with Crippen LogP contribution in [-0.4, -0.2) is 41.5 Å². The van der Waals surface area contributed by atoms with E-state index >= 15 is 0 Å². The molecule has 1 amide bonds. The molecule has 3 heterocycles. The molecule has 0 radical (unpaired) electrons. The number of carbonyl (C=O) groups excluding carboxylic acids is 1. The van der Waals surface area contributed by atoms with Gasteiger partial charge in [0.15, 0.2) is 0 Å². The molecule has 0 aromatic carbocycles. The molecule has 22 heavy (non-hydrogen) atoms. The minimum Gasteiger partial charge on any atom is -0.356 e. The molecule has 4 nitrogen and oxygen atoms in total. The molecule has 2 aliphatic rings. The number of likely N-dealkylation sites (tertiary alicyclic amines) is 1. The maximum Gasteiger partial charge on any atom is 0.419 e. The van der Waals surface area contributed by atoms with Crippen LogP contribution in [0.3, 0.4) is 0 Å². The number of halogens is 3. The minimum atomic E-state index is -4.40. The van der Waals surface area contributed by atoms with Gasteiger partial charge in [-0.2, -0.15) is 13.2 Å². The Kier molecular flexibility index (Phi) is 3.97. The quantitative estimate of drug-likeness (QED) is 0.842. The summed E-state index contributed by atoms with van der Waals surface area (Å²) in [5, 5.41) is 0. The van der Waals surface area contributed by atoms with Gasteiger partial charge in [-0.15, -0.1) is 0 Å². The summed E-state index contributed by atoms with van der Waals surface area (Å²) in [5.74, 6) is 0.175. The summed E-state index contributed by atoms with van der Waals surface area (Å²) in [6.45, 7) is 1.77. The lowest BCUT2D eigenvalue weighted by molar-refractivity contribution is -0.137. The highest BCUT2D eigenvalue weighted by atomic mass is 19.4. The number of rotatable bonds is 2. The molecule has 0 unspecified atom stereocenters. The number of piperidine rings is 1. The number of aromatic nitrogens is 1. The van der Waals surface area contributed by atoms with E-state index in [2.05, 4.69) is 4.98 Å². The van der Waals surface area contributed by atoms with Crippen molar-refractivity contribution >= 4 is 11.7 Å². The Bertz CT molecular complexity index is 553. The topological polar surface area (TPSA) is 36.4 Å². The molecule has 0 bridgehead atoms. The van der Waals surface area contributed by atoms with Gasteiger partial charge in [-0.05, 0) is 31.4 Å². The zero-order valence-corrected chi connectivity index (χ0v) is 12.1. The fraction of sp³-hybridized carbons (Fsp3) is 0.600. The predicted molar refractivity (Wildman–Crippen MR) is 75.4 cm³/mol. The summed E-state index contributed by atoms with van der Waals surface area (Å²) in [6, 6.07) is 2.53. The standard InChI is InChI=1S/C15H18F3N3O/c16-15(17,18)12-3-1-7-19-14(12)20-9-5-11(6-10-20)21-8-2-4-13(21)22/h1,3,7,11H,2,4-6,8-10H2. The highest BCUT2D eigenvalue weighted by Crippen LogP contribution is 2.36. The van der Waals surface area contributed by atoms with Crippen LogP contribution in [0.15, 0.2) is 18.3 Å². The SMILES string of the molecule is O=C1CCCN1C1CCN(c2ncccc2C(F)(F)F)CC1. The van der Waals surface area contributed by atoms with Gasteiger partial charge in [-0.3, -0.25) is 4.79 Å². The first-order valence-corrected chi connectivity index (χ1v) is 7.53. The summed E-state index contributed by atoms with van der Waals surface area (Å²) >= 11 is 0. The largest absolute Gasteiger partial charge is 0.419 e. The predicted octanol–water partition coefficient (Wildman–Crippen LogP) is 2.69. The number of carbonyl (C=O) groups is 1. The van der Waals surface area contributed by atoms with E-state index < -0.39 is 11.7 Å². The summed E-state index contributed by atoms with van der Waals surface area (Å²) in [6.07, 6.45) is -0.137. The van der Waals surface area contributed by atoms with Crippen molar-refractivity contribution in [1.29, 1.82) is 0 Å². The Morgan fingerprint density at radius 1 is 1.18 bits per heavy atom. The molecule has 1 aromatic rings. The fourth-order valence-corrected chi connectivity index (χ4v) is 3.31. The van der Waals surface area contributed by atoms with Crippen LogP contribution in [0.4, 0.5) is 19.0 Å². The van der Waals surface area contributed by atoms with Gasteiger partial charge >= 0.3 is 6.18 Å². The van der Waals surface area contributed by atoms with E-state index in [0.717, 1.165) is 19.0 Å². The molecule has 2 saturated heterocycles. The van der Waals surface area contributed by atoms with Gasteiger partial charge in [0, 0.05) is 38.3 Å². The number of alkyl halides is 3. The number of hydrogen-bond acceptors (Lipinski definition) is 3. The van der Waals surface area contributed by atoms with E-state index in [4.69, 9.17) is 0 Å². The zero-order chi connectivity index (χ0) is 15.7. The molecule has 1 aromatic heterocycles. The van der Waals surface area contributed by atoms with Crippen LogP contribution >= 0.6 is 0 Å². The summed E-state index contributed by atoms with van der Waals surface area (Å²) in [4.78, 5) is 19.3. The van der Waals surface area contributed by atoms with E-state index in [-0.39, 0.29) is 17.8 Å². The van der Waals surface area contributed by atoms with Crippen molar-refractivity contribution in [3.63, 3.8) is 0 Å². The number of anilines is 1. The lowest BCUT2D eigenvalue weighted by atomic mass is 10.0. The van der Waals surface area contributed by atoms with Gasteiger partial charge < -0.3 is 9.80 Å². The second-order valence-electron chi connectivity index (χ2n) is 5.78. The molecular formula is C15H18F3N3O.